The van der Waals surface area contributed by atoms with Crippen molar-refractivity contribution in [1.29, 1.82) is 0 Å². The van der Waals surface area contributed by atoms with Gasteiger partial charge in [-0.25, -0.2) is 0 Å². The van der Waals surface area contributed by atoms with Gasteiger partial charge in [-0.3, -0.25) is 5.32 Å². The Hall–Kier alpha value is -1.83. The van der Waals surface area contributed by atoms with E-state index in [2.05, 4.69) is 10.3 Å². The summed E-state index contributed by atoms with van der Waals surface area (Å²) in [4.78, 5) is 3.07. The molecule has 2 aromatic heterocycles. The molecule has 140 valence electrons. The van der Waals surface area contributed by atoms with Crippen LogP contribution in [0.4, 0.5) is 13.2 Å². The zero-order chi connectivity index (χ0) is 19.0. The summed E-state index contributed by atoms with van der Waals surface area (Å²) in [6, 6.07) is 11.0. The fraction of sp³-hybridized carbons (Fsp3) is 0.368. The summed E-state index contributed by atoms with van der Waals surface area (Å²) in [6.07, 6.45) is -5.28. The number of alkyl halides is 3. The number of rotatable bonds is 6. The first kappa shape index (κ1) is 18.9. The molecule has 3 aromatic rings. The maximum Gasteiger partial charge on any atom is 0.431 e. The molecule has 0 aliphatic heterocycles. The molecule has 0 bridgehead atoms. The number of benzene rings is 1. The number of fused-ring (bicyclic) bond motifs is 1. The van der Waals surface area contributed by atoms with E-state index in [1.54, 1.807) is 26.0 Å². The molecule has 0 aliphatic carbocycles. The first-order chi connectivity index (χ1) is 12.1. The average molecular weight is 382 g/mol. The van der Waals surface area contributed by atoms with Gasteiger partial charge in [-0.15, -0.1) is 0 Å². The molecule has 0 amide bonds. The van der Waals surface area contributed by atoms with Crippen molar-refractivity contribution in [2.24, 2.45) is 0 Å². The van der Waals surface area contributed by atoms with Crippen LogP contribution >= 0.6 is 11.3 Å². The predicted molar refractivity (Wildman–Crippen MR) is 98.1 cm³/mol. The molecule has 0 saturated heterocycles. The van der Waals surface area contributed by atoms with Crippen LogP contribution in [0.1, 0.15) is 31.5 Å². The Morgan fingerprint density at radius 2 is 1.88 bits per heavy atom. The standard InChI is InChI=1S/C19H21F3N2OS/c1-17(2,14-7-8-26-11-14)12-18(25,19(20,21)22)23-10-15-9-13-5-3-4-6-16(13)24-15/h3-9,11,23-25H,10,12H2,1-2H3. The van der Waals surface area contributed by atoms with Gasteiger partial charge >= 0.3 is 6.18 Å². The maximum absolute atomic E-state index is 13.7. The van der Waals surface area contributed by atoms with Gasteiger partial charge in [-0.1, -0.05) is 32.0 Å². The molecule has 26 heavy (non-hydrogen) atoms. The Balaban J connectivity index is 1.81. The van der Waals surface area contributed by atoms with E-state index in [-0.39, 0.29) is 6.54 Å². The smallest absolute Gasteiger partial charge is 0.368 e. The third-order valence-corrected chi connectivity index (χ3v) is 5.31. The van der Waals surface area contributed by atoms with Crippen molar-refractivity contribution < 1.29 is 18.3 Å². The highest BCUT2D eigenvalue weighted by atomic mass is 32.1. The van der Waals surface area contributed by atoms with Gasteiger partial charge in [0.1, 0.15) is 0 Å². The van der Waals surface area contributed by atoms with Crippen molar-refractivity contribution >= 4 is 22.2 Å². The molecule has 0 fully saturated rings. The Labute approximate surface area is 153 Å². The molecule has 2 heterocycles. The molecule has 3 nitrogen and oxygen atoms in total. The Morgan fingerprint density at radius 1 is 1.15 bits per heavy atom. The third kappa shape index (κ3) is 3.79. The van der Waals surface area contributed by atoms with Crippen LogP contribution in [0.3, 0.4) is 0 Å². The van der Waals surface area contributed by atoms with Gasteiger partial charge in [0.05, 0.1) is 0 Å². The molecule has 1 atom stereocenters. The molecule has 3 rings (SSSR count). The van der Waals surface area contributed by atoms with Gasteiger partial charge < -0.3 is 10.1 Å². The average Bonchev–Trinajstić information content (AvgIpc) is 3.21. The van der Waals surface area contributed by atoms with E-state index in [1.807, 2.05) is 35.0 Å². The van der Waals surface area contributed by atoms with Crippen LogP contribution in [0, 0.1) is 0 Å². The van der Waals surface area contributed by atoms with E-state index in [4.69, 9.17) is 0 Å². The van der Waals surface area contributed by atoms with E-state index in [0.717, 1.165) is 16.5 Å². The summed E-state index contributed by atoms with van der Waals surface area (Å²) in [6.45, 7) is 3.29. The molecule has 1 aromatic carbocycles. The molecular formula is C19H21F3N2OS. The minimum absolute atomic E-state index is 0.121. The summed E-state index contributed by atoms with van der Waals surface area (Å²) in [7, 11) is 0. The van der Waals surface area contributed by atoms with Crippen molar-refractivity contribution in [3.63, 3.8) is 0 Å². The minimum atomic E-state index is -4.80. The quantitative estimate of drug-likeness (QED) is 0.529. The summed E-state index contributed by atoms with van der Waals surface area (Å²) in [5.41, 5.74) is -1.62. The van der Waals surface area contributed by atoms with Gasteiger partial charge in [0, 0.05) is 24.2 Å². The molecule has 0 spiro atoms. The van der Waals surface area contributed by atoms with Crippen LogP contribution in [-0.4, -0.2) is 22.0 Å². The molecule has 7 heteroatoms. The molecule has 0 saturated carbocycles. The second-order valence-electron chi connectivity index (χ2n) is 7.17. The van der Waals surface area contributed by atoms with Crippen molar-refractivity contribution in [3.05, 3.63) is 58.4 Å². The largest absolute Gasteiger partial charge is 0.431 e. The summed E-state index contributed by atoms with van der Waals surface area (Å²) < 4.78 is 41.0. The van der Waals surface area contributed by atoms with Crippen LogP contribution in [0.15, 0.2) is 47.2 Å². The SMILES string of the molecule is CC(C)(CC(O)(NCc1cc2ccccc2[nH]1)C(F)(F)F)c1ccsc1. The molecule has 1 unspecified atom stereocenters. The van der Waals surface area contributed by atoms with Gasteiger partial charge in [0.25, 0.3) is 0 Å². The lowest BCUT2D eigenvalue weighted by atomic mass is 9.79. The Kier molecular flexibility index (Phi) is 4.90. The fourth-order valence-electron chi connectivity index (χ4n) is 3.12. The number of aromatic amines is 1. The van der Waals surface area contributed by atoms with E-state index < -0.39 is 23.7 Å². The molecular weight excluding hydrogens is 361 g/mol. The number of halogens is 3. The zero-order valence-corrected chi connectivity index (χ0v) is 15.3. The lowest BCUT2D eigenvalue weighted by Crippen LogP contribution is -2.59. The number of hydrogen-bond acceptors (Lipinski definition) is 3. The number of aromatic nitrogens is 1. The number of hydrogen-bond donors (Lipinski definition) is 3. The number of para-hydroxylation sites is 1. The number of H-pyrrole nitrogens is 1. The van der Waals surface area contributed by atoms with Crippen molar-refractivity contribution in [2.45, 2.75) is 44.1 Å². The first-order valence-electron chi connectivity index (χ1n) is 8.24. The van der Waals surface area contributed by atoms with Crippen LogP contribution in [0.2, 0.25) is 0 Å². The zero-order valence-electron chi connectivity index (χ0n) is 14.5. The molecule has 3 N–H and O–H groups in total. The van der Waals surface area contributed by atoms with Gasteiger partial charge in [0.2, 0.25) is 5.72 Å². The van der Waals surface area contributed by atoms with Gasteiger partial charge in [0.15, 0.2) is 0 Å². The Bertz CT molecular complexity index is 837. The topological polar surface area (TPSA) is 48.0 Å². The number of aliphatic hydroxyl groups is 1. The molecule has 0 aliphatic rings. The van der Waals surface area contributed by atoms with E-state index >= 15 is 0 Å². The van der Waals surface area contributed by atoms with Gasteiger partial charge in [-0.05, 0) is 45.3 Å². The predicted octanol–water partition coefficient (Wildman–Crippen LogP) is 4.94. The summed E-state index contributed by atoms with van der Waals surface area (Å²) in [5, 5.41) is 17.4. The van der Waals surface area contributed by atoms with Crippen LogP contribution in [-0.2, 0) is 12.0 Å². The fourth-order valence-corrected chi connectivity index (χ4v) is 3.97. The monoisotopic (exact) mass is 382 g/mol. The van der Waals surface area contributed by atoms with E-state index in [0.29, 0.717) is 5.69 Å². The normalized spacial score (nSPS) is 15.3. The minimum Gasteiger partial charge on any atom is -0.368 e. The molecule has 0 radical (unpaired) electrons. The summed E-state index contributed by atoms with van der Waals surface area (Å²) >= 11 is 1.42. The lowest BCUT2D eigenvalue weighted by Gasteiger charge is -2.38. The first-order valence-corrected chi connectivity index (χ1v) is 9.18. The highest BCUT2D eigenvalue weighted by Gasteiger charge is 2.56. The van der Waals surface area contributed by atoms with E-state index in [9.17, 15) is 18.3 Å². The number of nitrogens with one attached hydrogen (secondary N) is 2. The number of thiophene rings is 1. The van der Waals surface area contributed by atoms with Gasteiger partial charge in [-0.2, -0.15) is 24.5 Å². The Morgan fingerprint density at radius 3 is 2.50 bits per heavy atom. The second kappa shape index (κ2) is 6.72. The highest BCUT2D eigenvalue weighted by molar-refractivity contribution is 7.08. The summed E-state index contributed by atoms with van der Waals surface area (Å²) in [5.74, 6) is 0. The third-order valence-electron chi connectivity index (χ3n) is 4.63. The van der Waals surface area contributed by atoms with Crippen molar-refractivity contribution in [3.8, 4) is 0 Å². The van der Waals surface area contributed by atoms with Crippen molar-refractivity contribution in [1.82, 2.24) is 10.3 Å². The second-order valence-corrected chi connectivity index (χ2v) is 7.95. The highest BCUT2D eigenvalue weighted by Crippen LogP contribution is 2.40. The van der Waals surface area contributed by atoms with Crippen molar-refractivity contribution in [2.75, 3.05) is 0 Å². The lowest BCUT2D eigenvalue weighted by molar-refractivity contribution is -0.280. The van der Waals surface area contributed by atoms with Crippen LogP contribution in [0.5, 0.6) is 0 Å². The van der Waals surface area contributed by atoms with Crippen LogP contribution in [0.25, 0.3) is 10.9 Å². The van der Waals surface area contributed by atoms with Crippen LogP contribution < -0.4 is 5.32 Å². The van der Waals surface area contributed by atoms with E-state index in [1.165, 1.54) is 11.3 Å². The maximum atomic E-state index is 13.7.